The molecule has 56 valence electrons. The third-order valence-electron chi connectivity index (χ3n) is 1.48. The van der Waals surface area contributed by atoms with Crippen LogP contribution >= 0.6 is 0 Å². The van der Waals surface area contributed by atoms with Gasteiger partial charge < -0.3 is 4.74 Å². The van der Waals surface area contributed by atoms with E-state index in [1.165, 1.54) is 0 Å². The van der Waals surface area contributed by atoms with Crippen molar-refractivity contribution in [3.63, 3.8) is 0 Å². The molecule has 0 atom stereocenters. The minimum absolute atomic E-state index is 0.588. The fourth-order valence-electron chi connectivity index (χ4n) is 0.921. The van der Waals surface area contributed by atoms with Crippen molar-refractivity contribution in [1.82, 2.24) is 15.2 Å². The minimum atomic E-state index is 0.588. The first-order valence-corrected chi connectivity index (χ1v) is 3.24. The van der Waals surface area contributed by atoms with E-state index in [9.17, 15) is 0 Å². The van der Waals surface area contributed by atoms with E-state index in [2.05, 4.69) is 15.2 Å². The monoisotopic (exact) mass is 149 g/mol. The van der Waals surface area contributed by atoms with Crippen LogP contribution in [0.3, 0.4) is 0 Å². The first-order chi connectivity index (χ1) is 5.40. The van der Waals surface area contributed by atoms with Crippen LogP contribution in [0.4, 0.5) is 0 Å². The number of pyridine rings is 1. The Kier molecular flexibility index (Phi) is 1.25. The Labute approximate surface area is 63.2 Å². The number of hydrogen-bond donors (Lipinski definition) is 1. The number of aromatic amines is 1. The number of rotatable bonds is 1. The second-order valence-corrected chi connectivity index (χ2v) is 2.15. The summed E-state index contributed by atoms with van der Waals surface area (Å²) in [4.78, 5) is 4.09. The summed E-state index contributed by atoms with van der Waals surface area (Å²) in [7, 11) is 1.58. The smallest absolute Gasteiger partial charge is 0.215 e. The second kappa shape index (κ2) is 2.23. The van der Waals surface area contributed by atoms with Gasteiger partial charge in [0.1, 0.15) is 0 Å². The lowest BCUT2D eigenvalue weighted by Gasteiger charge is -1.94. The molecule has 0 aliphatic rings. The molecule has 0 amide bonds. The SMILES string of the molecule is COc1ccc2c[nH]nc2n1. The molecule has 0 aromatic carbocycles. The van der Waals surface area contributed by atoms with Gasteiger partial charge in [0, 0.05) is 17.6 Å². The standard InChI is InChI=1S/C7H7N3O/c1-11-6-3-2-5-4-8-10-7(5)9-6/h2-4H,1H3,(H,8,9,10). The Hall–Kier alpha value is -1.58. The van der Waals surface area contributed by atoms with Gasteiger partial charge in [0.2, 0.25) is 5.88 Å². The normalized spacial score (nSPS) is 10.3. The van der Waals surface area contributed by atoms with Crippen LogP contribution in [0, 0.1) is 0 Å². The zero-order valence-corrected chi connectivity index (χ0v) is 6.03. The summed E-state index contributed by atoms with van der Waals surface area (Å²) >= 11 is 0. The molecule has 2 aromatic rings. The summed E-state index contributed by atoms with van der Waals surface area (Å²) in [6.45, 7) is 0. The van der Waals surface area contributed by atoms with Gasteiger partial charge in [0.15, 0.2) is 5.65 Å². The van der Waals surface area contributed by atoms with Gasteiger partial charge >= 0.3 is 0 Å². The molecular formula is C7H7N3O. The summed E-state index contributed by atoms with van der Waals surface area (Å²) in [5.74, 6) is 0.588. The van der Waals surface area contributed by atoms with Crippen molar-refractivity contribution >= 4 is 11.0 Å². The van der Waals surface area contributed by atoms with Crippen molar-refractivity contribution in [3.8, 4) is 5.88 Å². The molecule has 0 fully saturated rings. The molecular weight excluding hydrogens is 142 g/mol. The third-order valence-corrected chi connectivity index (χ3v) is 1.48. The molecule has 2 aromatic heterocycles. The van der Waals surface area contributed by atoms with Gasteiger partial charge in [-0.1, -0.05) is 0 Å². The van der Waals surface area contributed by atoms with Crippen LogP contribution in [0.5, 0.6) is 5.88 Å². The van der Waals surface area contributed by atoms with Gasteiger partial charge in [-0.25, -0.2) is 0 Å². The van der Waals surface area contributed by atoms with Gasteiger partial charge in [-0.15, -0.1) is 0 Å². The van der Waals surface area contributed by atoms with Crippen LogP contribution in [0.15, 0.2) is 18.3 Å². The van der Waals surface area contributed by atoms with E-state index in [0.29, 0.717) is 11.5 Å². The van der Waals surface area contributed by atoms with E-state index in [1.807, 2.05) is 6.07 Å². The van der Waals surface area contributed by atoms with Crippen molar-refractivity contribution < 1.29 is 4.74 Å². The lowest BCUT2D eigenvalue weighted by Crippen LogP contribution is -1.86. The highest BCUT2D eigenvalue weighted by Crippen LogP contribution is 2.12. The maximum absolute atomic E-state index is 4.93. The molecule has 0 spiro atoms. The Morgan fingerprint density at radius 3 is 3.18 bits per heavy atom. The van der Waals surface area contributed by atoms with E-state index < -0.39 is 0 Å². The summed E-state index contributed by atoms with van der Waals surface area (Å²) in [5, 5.41) is 7.62. The fraction of sp³-hybridized carbons (Fsp3) is 0.143. The number of methoxy groups -OCH3 is 1. The Morgan fingerprint density at radius 2 is 2.36 bits per heavy atom. The zero-order chi connectivity index (χ0) is 7.68. The molecule has 0 unspecified atom stereocenters. The number of hydrogen-bond acceptors (Lipinski definition) is 3. The predicted molar refractivity (Wildman–Crippen MR) is 40.4 cm³/mol. The average molecular weight is 149 g/mol. The van der Waals surface area contributed by atoms with E-state index in [4.69, 9.17) is 4.74 Å². The van der Waals surface area contributed by atoms with E-state index >= 15 is 0 Å². The number of nitrogens with zero attached hydrogens (tertiary/aromatic N) is 2. The molecule has 2 heterocycles. The maximum atomic E-state index is 4.93. The Balaban J connectivity index is 2.67. The van der Waals surface area contributed by atoms with Crippen LogP contribution in [-0.2, 0) is 0 Å². The minimum Gasteiger partial charge on any atom is -0.481 e. The van der Waals surface area contributed by atoms with Crippen LogP contribution in [0.1, 0.15) is 0 Å². The molecule has 0 bridgehead atoms. The summed E-state index contributed by atoms with van der Waals surface area (Å²) in [6.07, 6.45) is 1.79. The molecule has 11 heavy (non-hydrogen) atoms. The van der Waals surface area contributed by atoms with Gasteiger partial charge in [-0.3, -0.25) is 5.10 Å². The molecule has 4 nitrogen and oxygen atoms in total. The number of ether oxygens (including phenoxy) is 1. The van der Waals surface area contributed by atoms with E-state index in [0.717, 1.165) is 5.39 Å². The summed E-state index contributed by atoms with van der Waals surface area (Å²) < 4.78 is 4.93. The van der Waals surface area contributed by atoms with Gasteiger partial charge in [0.25, 0.3) is 0 Å². The van der Waals surface area contributed by atoms with Crippen LogP contribution in [-0.4, -0.2) is 22.3 Å². The molecule has 0 saturated heterocycles. The third kappa shape index (κ3) is 0.920. The second-order valence-electron chi connectivity index (χ2n) is 2.15. The molecule has 4 heteroatoms. The Morgan fingerprint density at radius 1 is 1.45 bits per heavy atom. The van der Waals surface area contributed by atoms with Crippen molar-refractivity contribution in [2.24, 2.45) is 0 Å². The summed E-state index contributed by atoms with van der Waals surface area (Å²) in [5.41, 5.74) is 0.685. The molecule has 0 aliphatic heterocycles. The molecule has 2 rings (SSSR count). The van der Waals surface area contributed by atoms with Crippen molar-refractivity contribution in [3.05, 3.63) is 18.3 Å². The lowest BCUT2D eigenvalue weighted by molar-refractivity contribution is 0.399. The van der Waals surface area contributed by atoms with Gasteiger partial charge in [-0.05, 0) is 6.07 Å². The highest BCUT2D eigenvalue weighted by Gasteiger charge is 1.97. The molecule has 1 N–H and O–H groups in total. The van der Waals surface area contributed by atoms with Gasteiger partial charge in [-0.2, -0.15) is 10.1 Å². The largest absolute Gasteiger partial charge is 0.481 e. The topological polar surface area (TPSA) is 50.8 Å². The number of aromatic nitrogens is 3. The van der Waals surface area contributed by atoms with Crippen LogP contribution < -0.4 is 4.74 Å². The molecule has 0 saturated carbocycles. The predicted octanol–water partition coefficient (Wildman–Crippen LogP) is 0.966. The number of fused-ring (bicyclic) bond motifs is 1. The van der Waals surface area contributed by atoms with Gasteiger partial charge in [0.05, 0.1) is 7.11 Å². The van der Waals surface area contributed by atoms with Crippen molar-refractivity contribution in [2.75, 3.05) is 7.11 Å². The fourth-order valence-corrected chi connectivity index (χ4v) is 0.921. The summed E-state index contributed by atoms with van der Waals surface area (Å²) in [6, 6.07) is 3.71. The first kappa shape index (κ1) is 6.15. The highest BCUT2D eigenvalue weighted by atomic mass is 16.5. The quantitative estimate of drug-likeness (QED) is 0.657. The zero-order valence-electron chi connectivity index (χ0n) is 6.03. The Bertz CT molecular complexity index is 368. The van der Waals surface area contributed by atoms with E-state index in [1.54, 1.807) is 19.4 Å². The first-order valence-electron chi connectivity index (χ1n) is 3.24. The number of nitrogens with one attached hydrogen (secondary N) is 1. The highest BCUT2D eigenvalue weighted by molar-refractivity contribution is 5.73. The lowest BCUT2D eigenvalue weighted by atomic mass is 10.4. The van der Waals surface area contributed by atoms with Crippen molar-refractivity contribution in [2.45, 2.75) is 0 Å². The van der Waals surface area contributed by atoms with E-state index in [-0.39, 0.29) is 0 Å². The molecule has 0 radical (unpaired) electrons. The maximum Gasteiger partial charge on any atom is 0.215 e. The molecule has 0 aliphatic carbocycles. The number of H-pyrrole nitrogens is 1. The average Bonchev–Trinajstić information content (AvgIpc) is 2.50. The van der Waals surface area contributed by atoms with Crippen LogP contribution in [0.2, 0.25) is 0 Å². The van der Waals surface area contributed by atoms with Crippen molar-refractivity contribution in [1.29, 1.82) is 0 Å². The van der Waals surface area contributed by atoms with Crippen LogP contribution in [0.25, 0.3) is 11.0 Å².